The van der Waals surface area contributed by atoms with E-state index in [0.29, 0.717) is 17.3 Å². The largest absolute Gasteiger partial charge is 0.395 e. The van der Waals surface area contributed by atoms with Crippen LogP contribution in [0.5, 0.6) is 0 Å². The number of nitrogens with one attached hydrogen (secondary N) is 2. The van der Waals surface area contributed by atoms with Gasteiger partial charge in [-0.2, -0.15) is 5.10 Å². The van der Waals surface area contributed by atoms with Crippen molar-refractivity contribution < 1.29 is 4.79 Å². The van der Waals surface area contributed by atoms with E-state index in [-0.39, 0.29) is 11.4 Å². The Kier molecular flexibility index (Phi) is 2.85. The number of anilines is 1. The Balaban J connectivity index is 2.14. The molecule has 0 bridgehead atoms. The lowest BCUT2D eigenvalue weighted by molar-refractivity contribution is 0.0907. The zero-order chi connectivity index (χ0) is 12.6. The van der Waals surface area contributed by atoms with Gasteiger partial charge >= 0.3 is 0 Å². The number of rotatable bonds is 4. The summed E-state index contributed by atoms with van der Waals surface area (Å²) in [7, 11) is 0. The first kappa shape index (κ1) is 12.0. The van der Waals surface area contributed by atoms with E-state index in [9.17, 15) is 4.79 Å². The molecule has 1 aliphatic rings. The molecule has 2 rings (SSSR count). The van der Waals surface area contributed by atoms with Crippen LogP contribution in [-0.4, -0.2) is 21.6 Å². The lowest BCUT2D eigenvalue weighted by atomic mass is 10.0. The normalized spacial score (nSPS) is 15.9. The number of hydrogen-bond donors (Lipinski definition) is 3. The van der Waals surface area contributed by atoms with Crippen LogP contribution in [0.1, 0.15) is 62.1 Å². The molecule has 5 nitrogen and oxygen atoms in total. The van der Waals surface area contributed by atoms with Gasteiger partial charge in [-0.25, -0.2) is 0 Å². The highest BCUT2D eigenvalue weighted by Crippen LogP contribution is 2.42. The van der Waals surface area contributed by atoms with Gasteiger partial charge < -0.3 is 11.1 Å². The van der Waals surface area contributed by atoms with Crippen LogP contribution >= 0.6 is 0 Å². The van der Waals surface area contributed by atoms with Gasteiger partial charge in [0.05, 0.1) is 11.4 Å². The first-order chi connectivity index (χ1) is 7.94. The van der Waals surface area contributed by atoms with Gasteiger partial charge in [0.25, 0.3) is 5.91 Å². The molecule has 0 aromatic carbocycles. The molecule has 1 heterocycles. The Hall–Kier alpha value is -1.52. The van der Waals surface area contributed by atoms with Crippen molar-refractivity contribution in [1.29, 1.82) is 0 Å². The molecule has 4 N–H and O–H groups in total. The smallest absolute Gasteiger partial charge is 0.274 e. The number of carbonyl (C=O) groups excluding carboxylic acids is 1. The molecule has 0 saturated heterocycles. The minimum absolute atomic E-state index is 0.197. The second-order valence-electron chi connectivity index (χ2n) is 5.37. The summed E-state index contributed by atoms with van der Waals surface area (Å²) in [5, 5.41) is 9.85. The number of carbonyl (C=O) groups is 1. The molecule has 17 heavy (non-hydrogen) atoms. The fraction of sp³-hybridized carbons (Fsp3) is 0.667. The molecule has 1 aromatic heterocycles. The van der Waals surface area contributed by atoms with Crippen molar-refractivity contribution >= 4 is 11.6 Å². The summed E-state index contributed by atoms with van der Waals surface area (Å²) in [6.07, 6.45) is 3.13. The molecule has 0 atom stereocenters. The number of hydrogen-bond acceptors (Lipinski definition) is 3. The highest BCUT2D eigenvalue weighted by atomic mass is 16.2. The highest BCUT2D eigenvalue weighted by molar-refractivity contribution is 5.98. The van der Waals surface area contributed by atoms with Crippen LogP contribution in [0.25, 0.3) is 0 Å². The minimum Gasteiger partial charge on any atom is -0.395 e. The maximum absolute atomic E-state index is 12.0. The molecule has 1 aromatic rings. The third-order valence-corrected chi connectivity index (χ3v) is 3.37. The maximum Gasteiger partial charge on any atom is 0.274 e. The number of amides is 1. The Morgan fingerprint density at radius 3 is 2.76 bits per heavy atom. The molecule has 0 aliphatic heterocycles. The van der Waals surface area contributed by atoms with Crippen molar-refractivity contribution in [2.24, 2.45) is 0 Å². The summed E-state index contributed by atoms with van der Waals surface area (Å²) in [5.41, 5.74) is 7.48. The number of aromatic amines is 1. The number of nitrogen functional groups attached to an aromatic ring is 1. The summed E-state index contributed by atoms with van der Waals surface area (Å²) in [6.45, 7) is 5.99. The van der Waals surface area contributed by atoms with Crippen molar-refractivity contribution in [3.05, 3.63) is 11.4 Å². The summed E-state index contributed by atoms with van der Waals surface area (Å²) < 4.78 is 0. The minimum atomic E-state index is -0.234. The lowest BCUT2D eigenvalue weighted by Gasteiger charge is -2.23. The standard InChI is InChI=1S/C12H20N4O/c1-4-12(2,3)14-11(17)10-8(13)9(15-16-10)7-5-6-7/h7H,4-6,13H2,1-3H3,(H,14,17)(H,15,16). The monoisotopic (exact) mass is 236 g/mol. The zero-order valence-corrected chi connectivity index (χ0v) is 10.6. The van der Waals surface area contributed by atoms with Gasteiger partial charge in [0.2, 0.25) is 0 Å². The number of aromatic nitrogens is 2. The van der Waals surface area contributed by atoms with Crippen molar-refractivity contribution in [1.82, 2.24) is 15.5 Å². The third-order valence-electron chi connectivity index (χ3n) is 3.37. The van der Waals surface area contributed by atoms with Gasteiger partial charge in [-0.1, -0.05) is 6.92 Å². The van der Waals surface area contributed by atoms with Crippen LogP contribution in [0.3, 0.4) is 0 Å². The number of nitrogens with two attached hydrogens (primary N) is 1. The predicted octanol–water partition coefficient (Wildman–Crippen LogP) is 1.79. The lowest BCUT2D eigenvalue weighted by Crippen LogP contribution is -2.43. The molecule has 94 valence electrons. The van der Waals surface area contributed by atoms with Crippen molar-refractivity contribution in [3.8, 4) is 0 Å². The summed E-state index contributed by atoms with van der Waals surface area (Å²) in [4.78, 5) is 12.0. The van der Waals surface area contributed by atoms with E-state index in [1.54, 1.807) is 0 Å². The van der Waals surface area contributed by atoms with E-state index < -0.39 is 0 Å². The topological polar surface area (TPSA) is 83.8 Å². The van der Waals surface area contributed by atoms with Crippen LogP contribution < -0.4 is 11.1 Å². The number of nitrogens with zero attached hydrogens (tertiary/aromatic N) is 1. The van der Waals surface area contributed by atoms with Gasteiger partial charge in [-0.05, 0) is 33.1 Å². The Labute approximate surface area is 101 Å². The first-order valence-corrected chi connectivity index (χ1v) is 6.11. The summed E-state index contributed by atoms with van der Waals surface area (Å²) in [6, 6.07) is 0. The van der Waals surface area contributed by atoms with Crippen molar-refractivity contribution in [2.75, 3.05) is 5.73 Å². The molecular weight excluding hydrogens is 216 g/mol. The van der Waals surface area contributed by atoms with E-state index in [4.69, 9.17) is 5.73 Å². The van der Waals surface area contributed by atoms with E-state index >= 15 is 0 Å². The second kappa shape index (κ2) is 4.05. The van der Waals surface area contributed by atoms with E-state index in [2.05, 4.69) is 15.5 Å². The van der Waals surface area contributed by atoms with Crippen LogP contribution in [0.4, 0.5) is 5.69 Å². The maximum atomic E-state index is 12.0. The Morgan fingerprint density at radius 1 is 1.59 bits per heavy atom. The zero-order valence-electron chi connectivity index (χ0n) is 10.6. The van der Waals surface area contributed by atoms with Crippen LogP contribution in [0, 0.1) is 0 Å². The van der Waals surface area contributed by atoms with E-state index in [0.717, 1.165) is 25.0 Å². The van der Waals surface area contributed by atoms with E-state index in [1.165, 1.54) is 0 Å². The Morgan fingerprint density at radius 2 is 2.24 bits per heavy atom. The van der Waals surface area contributed by atoms with Gasteiger partial charge in [-0.15, -0.1) is 0 Å². The molecule has 0 unspecified atom stereocenters. The average molecular weight is 236 g/mol. The highest BCUT2D eigenvalue weighted by Gasteiger charge is 2.31. The fourth-order valence-corrected chi connectivity index (χ4v) is 1.68. The van der Waals surface area contributed by atoms with Crippen molar-refractivity contribution in [3.63, 3.8) is 0 Å². The van der Waals surface area contributed by atoms with Gasteiger partial charge in [0.15, 0.2) is 5.69 Å². The quantitative estimate of drug-likeness (QED) is 0.745. The van der Waals surface area contributed by atoms with Crippen LogP contribution in [-0.2, 0) is 0 Å². The van der Waals surface area contributed by atoms with Gasteiger partial charge in [0, 0.05) is 11.5 Å². The predicted molar refractivity (Wildman–Crippen MR) is 66.8 cm³/mol. The SMILES string of the molecule is CCC(C)(C)NC(=O)c1n[nH]c(C2CC2)c1N. The van der Waals surface area contributed by atoms with Crippen LogP contribution in [0.2, 0.25) is 0 Å². The molecule has 1 amide bonds. The molecule has 1 aliphatic carbocycles. The first-order valence-electron chi connectivity index (χ1n) is 6.11. The number of H-pyrrole nitrogens is 1. The van der Waals surface area contributed by atoms with E-state index in [1.807, 2.05) is 20.8 Å². The molecule has 5 heteroatoms. The molecule has 1 saturated carbocycles. The van der Waals surface area contributed by atoms with Crippen LogP contribution in [0.15, 0.2) is 0 Å². The Bertz CT molecular complexity index is 432. The summed E-state index contributed by atoms with van der Waals surface area (Å²) in [5.74, 6) is 0.278. The third kappa shape index (κ3) is 2.43. The van der Waals surface area contributed by atoms with Gasteiger partial charge in [-0.3, -0.25) is 9.89 Å². The fourth-order valence-electron chi connectivity index (χ4n) is 1.68. The average Bonchev–Trinajstić information content (AvgIpc) is 3.02. The summed E-state index contributed by atoms with van der Waals surface area (Å²) >= 11 is 0. The molecule has 0 spiro atoms. The van der Waals surface area contributed by atoms with Gasteiger partial charge in [0.1, 0.15) is 0 Å². The second-order valence-corrected chi connectivity index (χ2v) is 5.37. The molecule has 0 radical (unpaired) electrons. The molecular formula is C12H20N4O. The van der Waals surface area contributed by atoms with Crippen molar-refractivity contribution in [2.45, 2.75) is 51.5 Å². The molecule has 1 fully saturated rings.